The Kier molecular flexibility index (Phi) is 5.94. The molecule has 2 N–H and O–H groups in total. The van der Waals surface area contributed by atoms with E-state index in [1.807, 2.05) is 6.92 Å². The lowest BCUT2D eigenvalue weighted by atomic mass is 9.72. The van der Waals surface area contributed by atoms with Gasteiger partial charge in [0.1, 0.15) is 0 Å². The van der Waals surface area contributed by atoms with Crippen LogP contribution in [0.15, 0.2) is 0 Å². The molecule has 1 fully saturated rings. The van der Waals surface area contributed by atoms with Crippen molar-refractivity contribution in [1.82, 2.24) is 5.32 Å². The van der Waals surface area contributed by atoms with E-state index in [1.54, 1.807) is 0 Å². The molecule has 0 radical (unpaired) electrons. The third-order valence-corrected chi connectivity index (χ3v) is 4.28. The van der Waals surface area contributed by atoms with Crippen molar-refractivity contribution in [2.45, 2.75) is 65.4 Å². The van der Waals surface area contributed by atoms with Gasteiger partial charge in [0.2, 0.25) is 0 Å². The standard InChI is InChI=1S/C15H31NO/c1-5-13-7-6-8-14(9-13)15(4,17)11-16-10-12(2)3/h12-14,16-17H,5-11H2,1-4H3. The summed E-state index contributed by atoms with van der Waals surface area (Å²) < 4.78 is 0. The molecule has 0 aromatic heterocycles. The summed E-state index contributed by atoms with van der Waals surface area (Å²) in [4.78, 5) is 0. The topological polar surface area (TPSA) is 32.3 Å². The zero-order valence-electron chi connectivity index (χ0n) is 12.1. The molecule has 2 nitrogen and oxygen atoms in total. The van der Waals surface area contributed by atoms with Gasteiger partial charge in [0.15, 0.2) is 0 Å². The van der Waals surface area contributed by atoms with Crippen molar-refractivity contribution >= 4 is 0 Å². The molecule has 0 aromatic carbocycles. The molecule has 17 heavy (non-hydrogen) atoms. The van der Waals surface area contributed by atoms with Crippen molar-refractivity contribution in [2.24, 2.45) is 17.8 Å². The Bertz CT molecular complexity index is 213. The molecule has 102 valence electrons. The molecule has 1 rings (SSSR count). The van der Waals surface area contributed by atoms with Gasteiger partial charge in [-0.3, -0.25) is 0 Å². The molecule has 3 unspecified atom stereocenters. The molecule has 0 aromatic rings. The summed E-state index contributed by atoms with van der Waals surface area (Å²) in [6, 6.07) is 0. The average molecular weight is 241 g/mol. The summed E-state index contributed by atoms with van der Waals surface area (Å²) in [6.45, 7) is 10.4. The van der Waals surface area contributed by atoms with E-state index >= 15 is 0 Å². The van der Waals surface area contributed by atoms with E-state index in [9.17, 15) is 5.11 Å². The van der Waals surface area contributed by atoms with Crippen molar-refractivity contribution < 1.29 is 5.11 Å². The van der Waals surface area contributed by atoms with Crippen molar-refractivity contribution in [3.8, 4) is 0 Å². The second kappa shape index (κ2) is 6.75. The first-order valence-corrected chi connectivity index (χ1v) is 7.38. The first-order valence-electron chi connectivity index (χ1n) is 7.38. The smallest absolute Gasteiger partial charge is 0.0771 e. The van der Waals surface area contributed by atoms with E-state index in [2.05, 4.69) is 26.1 Å². The molecule has 1 aliphatic carbocycles. The normalized spacial score (nSPS) is 29.3. The van der Waals surface area contributed by atoms with Gasteiger partial charge in [0, 0.05) is 6.54 Å². The Morgan fingerprint density at radius 2 is 2.06 bits per heavy atom. The molecule has 0 heterocycles. The summed E-state index contributed by atoms with van der Waals surface area (Å²) in [5, 5.41) is 14.0. The van der Waals surface area contributed by atoms with Gasteiger partial charge in [-0.2, -0.15) is 0 Å². The minimum Gasteiger partial charge on any atom is -0.389 e. The highest BCUT2D eigenvalue weighted by Gasteiger charge is 2.34. The van der Waals surface area contributed by atoms with Gasteiger partial charge < -0.3 is 10.4 Å². The highest BCUT2D eigenvalue weighted by molar-refractivity contribution is 4.88. The predicted octanol–water partition coefficient (Wildman–Crippen LogP) is 3.20. The Morgan fingerprint density at radius 1 is 1.35 bits per heavy atom. The van der Waals surface area contributed by atoms with E-state index in [0.29, 0.717) is 11.8 Å². The van der Waals surface area contributed by atoms with Crippen molar-refractivity contribution in [2.75, 3.05) is 13.1 Å². The van der Waals surface area contributed by atoms with Gasteiger partial charge in [0.25, 0.3) is 0 Å². The summed E-state index contributed by atoms with van der Waals surface area (Å²) in [5.74, 6) is 1.98. The van der Waals surface area contributed by atoms with E-state index < -0.39 is 5.60 Å². The van der Waals surface area contributed by atoms with E-state index in [4.69, 9.17) is 0 Å². The second-order valence-corrected chi connectivity index (χ2v) is 6.52. The van der Waals surface area contributed by atoms with E-state index in [0.717, 1.165) is 19.0 Å². The fourth-order valence-corrected chi connectivity index (χ4v) is 2.98. The van der Waals surface area contributed by atoms with Gasteiger partial charge in [-0.25, -0.2) is 0 Å². The lowest BCUT2D eigenvalue weighted by Crippen LogP contribution is -2.46. The molecular weight excluding hydrogens is 210 g/mol. The maximum Gasteiger partial charge on any atom is 0.0771 e. The third kappa shape index (κ3) is 4.97. The summed E-state index contributed by atoms with van der Waals surface area (Å²) in [6.07, 6.45) is 6.34. The van der Waals surface area contributed by atoms with Crippen LogP contribution in [0.5, 0.6) is 0 Å². The van der Waals surface area contributed by atoms with Gasteiger partial charge in [-0.1, -0.05) is 40.0 Å². The zero-order valence-corrected chi connectivity index (χ0v) is 12.1. The van der Waals surface area contributed by atoms with E-state index in [1.165, 1.54) is 32.1 Å². The van der Waals surface area contributed by atoms with Gasteiger partial charge in [-0.15, -0.1) is 0 Å². The summed E-state index contributed by atoms with van der Waals surface area (Å²) in [7, 11) is 0. The molecule has 0 saturated heterocycles. The third-order valence-electron chi connectivity index (χ3n) is 4.28. The first kappa shape index (κ1) is 15.0. The first-order chi connectivity index (χ1) is 7.95. The van der Waals surface area contributed by atoms with Crippen LogP contribution in [0.25, 0.3) is 0 Å². The minimum absolute atomic E-state index is 0.487. The van der Waals surface area contributed by atoms with Crippen LogP contribution in [-0.2, 0) is 0 Å². The zero-order chi connectivity index (χ0) is 12.9. The van der Waals surface area contributed by atoms with Crippen LogP contribution in [0.1, 0.15) is 59.8 Å². The molecule has 1 saturated carbocycles. The van der Waals surface area contributed by atoms with Crippen LogP contribution < -0.4 is 5.32 Å². The van der Waals surface area contributed by atoms with Crippen LogP contribution >= 0.6 is 0 Å². The number of hydrogen-bond donors (Lipinski definition) is 2. The van der Waals surface area contributed by atoms with E-state index in [-0.39, 0.29) is 0 Å². The lowest BCUT2D eigenvalue weighted by Gasteiger charge is -2.39. The molecule has 2 heteroatoms. The minimum atomic E-state index is -0.525. The lowest BCUT2D eigenvalue weighted by molar-refractivity contribution is -0.0250. The monoisotopic (exact) mass is 241 g/mol. The maximum atomic E-state index is 10.6. The Labute approximate surface area is 107 Å². The van der Waals surface area contributed by atoms with Gasteiger partial charge in [-0.05, 0) is 44.1 Å². The quantitative estimate of drug-likeness (QED) is 0.748. The summed E-state index contributed by atoms with van der Waals surface area (Å²) in [5.41, 5.74) is -0.525. The SMILES string of the molecule is CCC1CCCC(C(C)(O)CNCC(C)C)C1. The molecule has 0 bridgehead atoms. The maximum absolute atomic E-state index is 10.6. The van der Waals surface area contributed by atoms with Gasteiger partial charge >= 0.3 is 0 Å². The Morgan fingerprint density at radius 3 is 2.65 bits per heavy atom. The largest absolute Gasteiger partial charge is 0.389 e. The van der Waals surface area contributed by atoms with Crippen LogP contribution in [0, 0.1) is 17.8 Å². The van der Waals surface area contributed by atoms with Gasteiger partial charge in [0.05, 0.1) is 5.60 Å². The van der Waals surface area contributed by atoms with Crippen molar-refractivity contribution in [3.63, 3.8) is 0 Å². The highest BCUT2D eigenvalue weighted by Crippen LogP contribution is 2.36. The second-order valence-electron chi connectivity index (χ2n) is 6.52. The highest BCUT2D eigenvalue weighted by atomic mass is 16.3. The molecular formula is C15H31NO. The number of hydrogen-bond acceptors (Lipinski definition) is 2. The van der Waals surface area contributed by atoms with Crippen LogP contribution in [0.3, 0.4) is 0 Å². The summed E-state index contributed by atoms with van der Waals surface area (Å²) >= 11 is 0. The number of rotatable bonds is 6. The molecule has 1 aliphatic rings. The Hall–Kier alpha value is -0.0800. The predicted molar refractivity (Wildman–Crippen MR) is 74.1 cm³/mol. The van der Waals surface area contributed by atoms with Crippen molar-refractivity contribution in [3.05, 3.63) is 0 Å². The fraction of sp³-hybridized carbons (Fsp3) is 1.00. The molecule has 0 aliphatic heterocycles. The van der Waals surface area contributed by atoms with Crippen LogP contribution in [-0.4, -0.2) is 23.8 Å². The number of aliphatic hydroxyl groups is 1. The number of nitrogens with one attached hydrogen (secondary N) is 1. The molecule has 0 spiro atoms. The molecule has 3 atom stereocenters. The Balaban J connectivity index is 2.39. The van der Waals surface area contributed by atoms with Crippen LogP contribution in [0.2, 0.25) is 0 Å². The fourth-order valence-electron chi connectivity index (χ4n) is 2.98. The molecule has 0 amide bonds. The average Bonchev–Trinajstić information content (AvgIpc) is 2.28. The van der Waals surface area contributed by atoms with Crippen LogP contribution in [0.4, 0.5) is 0 Å². The van der Waals surface area contributed by atoms with Crippen molar-refractivity contribution in [1.29, 1.82) is 0 Å².